The second-order valence-electron chi connectivity index (χ2n) is 8.19. The van der Waals surface area contributed by atoms with Crippen LogP contribution in [-0.4, -0.2) is 49.5 Å². The molecule has 1 fully saturated rings. The number of aryl methyl sites for hydroxylation is 1. The predicted molar refractivity (Wildman–Crippen MR) is 120 cm³/mol. The largest absolute Gasteiger partial charge is 0.377 e. The number of fused-ring (bicyclic) bond motifs is 6. The minimum Gasteiger partial charge on any atom is -0.377 e. The fourth-order valence-corrected chi connectivity index (χ4v) is 4.88. The monoisotopic (exact) mass is 425 g/mol. The maximum Gasteiger partial charge on any atom is 0.166 e. The van der Waals surface area contributed by atoms with Gasteiger partial charge < -0.3 is 9.64 Å². The van der Waals surface area contributed by atoms with Crippen LogP contribution in [0, 0.1) is 6.92 Å². The van der Waals surface area contributed by atoms with E-state index >= 15 is 0 Å². The van der Waals surface area contributed by atoms with Crippen LogP contribution in [-0.2, 0) is 10.3 Å². The Morgan fingerprint density at radius 1 is 1.06 bits per heavy atom. The Labute approximate surface area is 186 Å². The van der Waals surface area contributed by atoms with E-state index in [4.69, 9.17) is 14.7 Å². The zero-order valence-electron chi connectivity index (χ0n) is 18.1. The minimum absolute atomic E-state index is 0.390. The van der Waals surface area contributed by atoms with Crippen LogP contribution in [0.15, 0.2) is 55.0 Å². The average Bonchev–Trinajstić information content (AvgIpc) is 3.26. The Bertz CT molecular complexity index is 1300. The summed E-state index contributed by atoms with van der Waals surface area (Å²) in [5, 5.41) is 8.93. The molecule has 0 amide bonds. The van der Waals surface area contributed by atoms with Crippen molar-refractivity contribution in [3.63, 3.8) is 0 Å². The molecule has 6 rings (SSSR count). The Balaban J connectivity index is 1.57. The molecule has 4 aromatic rings. The molecule has 8 heteroatoms. The van der Waals surface area contributed by atoms with Gasteiger partial charge >= 0.3 is 0 Å². The SMILES string of the molecule is CC[C@]12COCCN1c1nc(-c3ccncc3-c3ccccc3)ncc1-n1c(C)nnc12. The third-order valence-corrected chi connectivity index (χ3v) is 6.54. The zero-order chi connectivity index (χ0) is 21.7. The number of hydrogen-bond acceptors (Lipinski definition) is 7. The van der Waals surface area contributed by atoms with Crippen LogP contribution in [0.1, 0.15) is 25.0 Å². The van der Waals surface area contributed by atoms with Gasteiger partial charge in [0.05, 0.1) is 19.4 Å². The molecular weight excluding hydrogens is 402 g/mol. The molecule has 0 unspecified atom stereocenters. The van der Waals surface area contributed by atoms with Crippen LogP contribution in [0.3, 0.4) is 0 Å². The summed E-state index contributed by atoms with van der Waals surface area (Å²) in [5.41, 5.74) is 3.57. The molecule has 8 nitrogen and oxygen atoms in total. The summed E-state index contributed by atoms with van der Waals surface area (Å²) in [4.78, 5) is 16.6. The van der Waals surface area contributed by atoms with Gasteiger partial charge in [0.25, 0.3) is 0 Å². The maximum absolute atomic E-state index is 5.93. The van der Waals surface area contributed by atoms with Crippen LogP contribution in [0.25, 0.3) is 28.2 Å². The van der Waals surface area contributed by atoms with Crippen molar-refractivity contribution < 1.29 is 4.74 Å². The Hall–Kier alpha value is -3.65. The van der Waals surface area contributed by atoms with E-state index < -0.39 is 5.54 Å². The van der Waals surface area contributed by atoms with E-state index in [2.05, 4.69) is 43.7 Å². The van der Waals surface area contributed by atoms with Crippen LogP contribution >= 0.6 is 0 Å². The van der Waals surface area contributed by atoms with Crippen molar-refractivity contribution in [2.45, 2.75) is 25.8 Å². The first-order valence-corrected chi connectivity index (χ1v) is 10.9. The number of anilines is 1. The van der Waals surface area contributed by atoms with E-state index in [1.807, 2.05) is 43.6 Å². The second-order valence-corrected chi connectivity index (χ2v) is 8.19. The summed E-state index contributed by atoms with van der Waals surface area (Å²) >= 11 is 0. The highest BCUT2D eigenvalue weighted by Gasteiger charge is 2.49. The van der Waals surface area contributed by atoms with Gasteiger partial charge in [-0.15, -0.1) is 10.2 Å². The third kappa shape index (κ3) is 2.62. The lowest BCUT2D eigenvalue weighted by Crippen LogP contribution is -2.58. The number of nitrogens with zero attached hydrogens (tertiary/aromatic N) is 7. The van der Waals surface area contributed by atoms with Crippen LogP contribution < -0.4 is 4.90 Å². The molecule has 0 aliphatic carbocycles. The Kier molecular flexibility index (Phi) is 4.29. The van der Waals surface area contributed by atoms with Crippen molar-refractivity contribution in [1.82, 2.24) is 29.7 Å². The fourth-order valence-electron chi connectivity index (χ4n) is 4.88. The van der Waals surface area contributed by atoms with Gasteiger partial charge in [0.15, 0.2) is 17.5 Å². The third-order valence-electron chi connectivity index (χ3n) is 6.54. The molecule has 1 aromatic carbocycles. The second kappa shape index (κ2) is 7.20. The van der Waals surface area contributed by atoms with Crippen molar-refractivity contribution in [1.29, 1.82) is 0 Å². The van der Waals surface area contributed by atoms with E-state index in [0.717, 1.165) is 52.8 Å². The summed E-state index contributed by atoms with van der Waals surface area (Å²) < 4.78 is 8.01. The van der Waals surface area contributed by atoms with Crippen molar-refractivity contribution >= 4 is 5.82 Å². The lowest BCUT2D eigenvalue weighted by Gasteiger charge is -2.49. The number of benzene rings is 1. The minimum atomic E-state index is -0.390. The highest BCUT2D eigenvalue weighted by Crippen LogP contribution is 2.45. The molecular formula is C24H23N7O. The standard InChI is InChI=1S/C24H23N7O/c1-3-24-15-32-12-11-30(24)22-20(31-16(2)28-29-23(24)31)14-26-21(27-22)18-9-10-25-13-19(18)17-7-5-4-6-8-17/h4-10,13-14H,3,11-12,15H2,1-2H3/t24-/m1/s1. The van der Waals surface area contributed by atoms with Crippen LogP contribution in [0.4, 0.5) is 5.82 Å². The van der Waals surface area contributed by atoms with E-state index in [1.54, 1.807) is 6.20 Å². The van der Waals surface area contributed by atoms with E-state index in [9.17, 15) is 0 Å². The molecule has 2 aliphatic rings. The van der Waals surface area contributed by atoms with Crippen LogP contribution in [0.2, 0.25) is 0 Å². The van der Waals surface area contributed by atoms with Crippen molar-refractivity contribution in [3.8, 4) is 28.2 Å². The topological polar surface area (TPSA) is 81.9 Å². The summed E-state index contributed by atoms with van der Waals surface area (Å²) in [5.74, 6) is 3.29. The highest BCUT2D eigenvalue weighted by molar-refractivity contribution is 5.80. The van der Waals surface area contributed by atoms with Crippen molar-refractivity contribution in [3.05, 3.63) is 66.6 Å². The first kappa shape index (κ1) is 19.1. The zero-order valence-corrected chi connectivity index (χ0v) is 18.1. The molecule has 160 valence electrons. The Morgan fingerprint density at radius 2 is 1.94 bits per heavy atom. The van der Waals surface area contributed by atoms with Gasteiger partial charge in [0, 0.05) is 30.1 Å². The van der Waals surface area contributed by atoms with E-state index in [-0.39, 0.29) is 0 Å². The summed E-state index contributed by atoms with van der Waals surface area (Å²) in [7, 11) is 0. The normalized spacial score (nSPS) is 19.2. The number of pyridine rings is 1. The number of ether oxygens (including phenoxy) is 1. The summed E-state index contributed by atoms with van der Waals surface area (Å²) in [6.07, 6.45) is 6.40. The van der Waals surface area contributed by atoms with Crippen LogP contribution in [0.5, 0.6) is 0 Å². The number of hydrogen-bond donors (Lipinski definition) is 0. The summed E-state index contributed by atoms with van der Waals surface area (Å²) in [6.45, 7) is 6.08. The maximum atomic E-state index is 5.93. The highest BCUT2D eigenvalue weighted by atomic mass is 16.5. The molecule has 0 bridgehead atoms. The number of rotatable bonds is 3. The molecule has 0 saturated carbocycles. The van der Waals surface area contributed by atoms with Gasteiger partial charge in [-0.25, -0.2) is 9.97 Å². The van der Waals surface area contributed by atoms with Gasteiger partial charge in [-0.05, 0) is 25.0 Å². The number of aromatic nitrogens is 6. The van der Waals surface area contributed by atoms with Crippen molar-refractivity contribution in [2.75, 3.05) is 24.7 Å². The van der Waals surface area contributed by atoms with Gasteiger partial charge in [0.2, 0.25) is 0 Å². The number of morpholine rings is 1. The first-order chi connectivity index (χ1) is 15.7. The lowest BCUT2D eigenvalue weighted by molar-refractivity contribution is 0.0390. The molecule has 1 saturated heterocycles. The molecule has 0 spiro atoms. The van der Waals surface area contributed by atoms with Gasteiger partial charge in [-0.2, -0.15) is 0 Å². The molecule has 5 heterocycles. The molecule has 0 radical (unpaired) electrons. The van der Waals surface area contributed by atoms with E-state index in [1.165, 1.54) is 0 Å². The molecule has 32 heavy (non-hydrogen) atoms. The Morgan fingerprint density at radius 3 is 2.78 bits per heavy atom. The molecule has 2 aliphatic heterocycles. The first-order valence-electron chi connectivity index (χ1n) is 10.9. The molecule has 0 N–H and O–H groups in total. The van der Waals surface area contributed by atoms with Crippen molar-refractivity contribution in [2.24, 2.45) is 0 Å². The van der Waals surface area contributed by atoms with Gasteiger partial charge in [-0.3, -0.25) is 9.55 Å². The summed E-state index contributed by atoms with van der Waals surface area (Å²) in [6, 6.07) is 12.2. The quantitative estimate of drug-likeness (QED) is 0.496. The predicted octanol–water partition coefficient (Wildman–Crippen LogP) is 3.55. The average molecular weight is 425 g/mol. The van der Waals surface area contributed by atoms with Gasteiger partial charge in [-0.1, -0.05) is 37.3 Å². The smallest absolute Gasteiger partial charge is 0.166 e. The van der Waals surface area contributed by atoms with E-state index in [0.29, 0.717) is 19.0 Å². The lowest BCUT2D eigenvalue weighted by atomic mass is 9.90. The molecule has 3 aromatic heterocycles. The van der Waals surface area contributed by atoms with Gasteiger partial charge in [0.1, 0.15) is 17.1 Å². The molecule has 1 atom stereocenters. The fraction of sp³-hybridized carbons (Fsp3) is 0.292.